The van der Waals surface area contributed by atoms with E-state index in [1.165, 1.54) is 29.1 Å². The Bertz CT molecular complexity index is 1040. The minimum Gasteiger partial charge on any atom is -0.358 e. The molecule has 140 valence electrons. The lowest BCUT2D eigenvalue weighted by Crippen LogP contribution is -2.10. The molecule has 27 heavy (non-hydrogen) atoms. The maximum Gasteiger partial charge on any atom is 0.418 e. The minimum absolute atomic E-state index is 0.00597. The van der Waals surface area contributed by atoms with Crippen LogP contribution in [0.15, 0.2) is 36.8 Å². The number of Topliss-reactive ketones (excluding diaryl/α,β-unsaturated/α-hetero) is 1. The van der Waals surface area contributed by atoms with Crippen LogP contribution in [-0.4, -0.2) is 25.2 Å². The van der Waals surface area contributed by atoms with E-state index >= 15 is 0 Å². The van der Waals surface area contributed by atoms with E-state index < -0.39 is 28.9 Å². The number of halogens is 3. The quantitative estimate of drug-likeness (QED) is 0.383. The number of nitro groups is 1. The number of alkyl halides is 3. The molecule has 0 atom stereocenters. The van der Waals surface area contributed by atoms with Crippen LogP contribution in [0.3, 0.4) is 0 Å². The van der Waals surface area contributed by atoms with E-state index in [2.05, 4.69) is 9.97 Å². The van der Waals surface area contributed by atoms with Crippen LogP contribution in [0.2, 0.25) is 0 Å². The number of para-hydroxylation sites is 1. The van der Waals surface area contributed by atoms with Gasteiger partial charge in [-0.25, -0.2) is 9.55 Å². The van der Waals surface area contributed by atoms with Crippen molar-refractivity contribution in [2.75, 3.05) is 0 Å². The minimum atomic E-state index is -4.62. The summed E-state index contributed by atoms with van der Waals surface area (Å²) in [6, 6.07) is 4.74. The summed E-state index contributed by atoms with van der Waals surface area (Å²) in [7, 11) is 0. The molecule has 0 saturated heterocycles. The lowest BCUT2D eigenvalue weighted by Gasteiger charge is -2.11. The number of imidazole rings is 1. The lowest BCUT2D eigenvalue weighted by molar-refractivity contribution is -0.392. The summed E-state index contributed by atoms with van der Waals surface area (Å²) in [6.07, 6.45) is -2.65. The molecular formula is C17H13F3N4O3. The molecule has 10 heteroatoms. The Labute approximate surface area is 150 Å². The summed E-state index contributed by atoms with van der Waals surface area (Å²) < 4.78 is 40.8. The molecule has 0 aliphatic carbocycles. The number of pyridine rings is 1. The molecule has 0 saturated carbocycles. The summed E-state index contributed by atoms with van der Waals surface area (Å²) >= 11 is 0. The summed E-state index contributed by atoms with van der Waals surface area (Å²) in [6.45, 7) is 1.99. The molecule has 3 aromatic rings. The third kappa shape index (κ3) is 3.37. The van der Waals surface area contributed by atoms with E-state index in [0.29, 0.717) is 6.54 Å². The Morgan fingerprint density at radius 1 is 1.26 bits per heavy atom. The average molecular weight is 378 g/mol. The summed E-state index contributed by atoms with van der Waals surface area (Å²) in [5.74, 6) is -0.883. The van der Waals surface area contributed by atoms with Crippen molar-refractivity contribution in [1.82, 2.24) is 14.5 Å². The smallest absolute Gasteiger partial charge is 0.358 e. The van der Waals surface area contributed by atoms with Gasteiger partial charge in [-0.2, -0.15) is 13.2 Å². The van der Waals surface area contributed by atoms with Crippen LogP contribution in [0.4, 0.5) is 19.0 Å². The number of nitrogens with zero attached hydrogens (tertiary/aromatic N) is 4. The van der Waals surface area contributed by atoms with Gasteiger partial charge in [0.1, 0.15) is 5.69 Å². The average Bonchev–Trinajstić information content (AvgIpc) is 3.02. The van der Waals surface area contributed by atoms with Gasteiger partial charge in [0.25, 0.3) is 0 Å². The maximum atomic E-state index is 13.2. The predicted molar refractivity (Wildman–Crippen MR) is 89.3 cm³/mol. The largest absolute Gasteiger partial charge is 0.418 e. The Kier molecular flexibility index (Phi) is 4.64. The van der Waals surface area contributed by atoms with Crippen LogP contribution in [-0.2, 0) is 19.1 Å². The molecule has 0 unspecified atom stereocenters. The van der Waals surface area contributed by atoms with Crippen molar-refractivity contribution >= 4 is 22.5 Å². The fourth-order valence-corrected chi connectivity index (χ4v) is 2.88. The molecule has 0 aliphatic rings. The molecular weight excluding hydrogens is 365 g/mol. The molecule has 0 spiro atoms. The molecule has 0 radical (unpaired) electrons. The molecule has 0 fully saturated rings. The van der Waals surface area contributed by atoms with Crippen LogP contribution in [0, 0.1) is 10.1 Å². The third-order valence-electron chi connectivity index (χ3n) is 4.10. The van der Waals surface area contributed by atoms with Gasteiger partial charge in [-0.05, 0) is 24.0 Å². The zero-order chi connectivity index (χ0) is 19.8. The van der Waals surface area contributed by atoms with E-state index in [0.717, 1.165) is 12.3 Å². The number of aromatic nitrogens is 3. The number of benzene rings is 1. The van der Waals surface area contributed by atoms with Crippen molar-refractivity contribution < 1.29 is 22.9 Å². The fourth-order valence-electron chi connectivity index (χ4n) is 2.88. The van der Waals surface area contributed by atoms with Crippen molar-refractivity contribution in [2.24, 2.45) is 0 Å². The molecule has 1 aromatic carbocycles. The highest BCUT2D eigenvalue weighted by molar-refractivity contribution is 6.08. The second-order valence-corrected chi connectivity index (χ2v) is 5.72. The van der Waals surface area contributed by atoms with Gasteiger partial charge in [0, 0.05) is 17.1 Å². The second-order valence-electron chi connectivity index (χ2n) is 5.72. The van der Waals surface area contributed by atoms with Crippen LogP contribution in [0.1, 0.15) is 28.5 Å². The molecule has 3 rings (SSSR count). The van der Waals surface area contributed by atoms with Crippen molar-refractivity contribution in [3.8, 4) is 0 Å². The SMILES string of the molecule is CCn1cnc(CC(=O)c2ccnc3c(C(F)(F)F)cccc23)c1[N+](=O)[O-]. The van der Waals surface area contributed by atoms with Crippen molar-refractivity contribution in [3.05, 3.63) is 63.7 Å². The first-order valence-electron chi connectivity index (χ1n) is 7.90. The number of hydrogen-bond acceptors (Lipinski definition) is 5. The first-order chi connectivity index (χ1) is 12.7. The first-order valence-corrected chi connectivity index (χ1v) is 7.90. The monoisotopic (exact) mass is 378 g/mol. The molecule has 0 bridgehead atoms. The third-order valence-corrected chi connectivity index (χ3v) is 4.10. The van der Waals surface area contributed by atoms with Crippen LogP contribution in [0.5, 0.6) is 0 Å². The van der Waals surface area contributed by atoms with Crippen LogP contribution >= 0.6 is 0 Å². The standard InChI is InChI=1S/C17H13F3N4O3/c1-2-23-9-22-13(16(23)24(26)27)8-14(25)10-6-7-21-15-11(10)4-3-5-12(15)17(18,19)20/h3-7,9H,2,8H2,1H3. The van der Waals surface area contributed by atoms with E-state index in [4.69, 9.17) is 0 Å². The summed E-state index contributed by atoms with van der Waals surface area (Å²) in [4.78, 5) is 31.0. The van der Waals surface area contributed by atoms with Crippen LogP contribution in [0.25, 0.3) is 10.9 Å². The summed E-state index contributed by atoms with van der Waals surface area (Å²) in [5.41, 5.74) is -1.32. The zero-order valence-electron chi connectivity index (χ0n) is 14.0. The van der Waals surface area contributed by atoms with E-state index in [9.17, 15) is 28.1 Å². The normalized spacial score (nSPS) is 11.7. The second kappa shape index (κ2) is 6.78. The number of ketones is 1. The van der Waals surface area contributed by atoms with Gasteiger partial charge in [0.15, 0.2) is 12.1 Å². The number of rotatable bonds is 5. The number of fused-ring (bicyclic) bond motifs is 1. The van der Waals surface area contributed by atoms with E-state index in [-0.39, 0.29) is 28.0 Å². The van der Waals surface area contributed by atoms with Gasteiger partial charge in [0.2, 0.25) is 0 Å². The van der Waals surface area contributed by atoms with Gasteiger partial charge in [0.05, 0.1) is 24.0 Å². The molecule has 7 nitrogen and oxygen atoms in total. The number of carbonyl (C=O) groups excluding carboxylic acids is 1. The van der Waals surface area contributed by atoms with E-state index in [1.54, 1.807) is 6.92 Å². The Morgan fingerprint density at radius 3 is 2.63 bits per heavy atom. The highest BCUT2D eigenvalue weighted by Crippen LogP contribution is 2.34. The molecule has 0 amide bonds. The summed E-state index contributed by atoms with van der Waals surface area (Å²) in [5, 5.41) is 11.3. The maximum absolute atomic E-state index is 13.2. The number of hydrogen-bond donors (Lipinski definition) is 0. The predicted octanol–water partition coefficient (Wildman–Crippen LogP) is 3.80. The van der Waals surface area contributed by atoms with Gasteiger partial charge in [-0.3, -0.25) is 9.78 Å². The fraction of sp³-hybridized carbons (Fsp3) is 0.235. The van der Waals surface area contributed by atoms with Gasteiger partial charge in [-0.1, -0.05) is 12.1 Å². The number of carbonyl (C=O) groups is 1. The van der Waals surface area contributed by atoms with Crippen molar-refractivity contribution in [1.29, 1.82) is 0 Å². The Morgan fingerprint density at radius 2 is 2.00 bits per heavy atom. The number of aryl methyl sites for hydroxylation is 1. The zero-order valence-corrected chi connectivity index (χ0v) is 14.0. The van der Waals surface area contributed by atoms with Crippen molar-refractivity contribution in [2.45, 2.75) is 26.1 Å². The highest BCUT2D eigenvalue weighted by atomic mass is 19.4. The highest BCUT2D eigenvalue weighted by Gasteiger charge is 2.33. The van der Waals surface area contributed by atoms with Gasteiger partial charge >= 0.3 is 12.0 Å². The topological polar surface area (TPSA) is 90.9 Å². The molecule has 0 aliphatic heterocycles. The molecule has 0 N–H and O–H groups in total. The Balaban J connectivity index is 2.06. The van der Waals surface area contributed by atoms with Crippen molar-refractivity contribution in [3.63, 3.8) is 0 Å². The van der Waals surface area contributed by atoms with Gasteiger partial charge in [-0.15, -0.1) is 0 Å². The van der Waals surface area contributed by atoms with Crippen LogP contribution < -0.4 is 0 Å². The lowest BCUT2D eigenvalue weighted by atomic mass is 10.00. The molecule has 2 heterocycles. The first kappa shape index (κ1) is 18.5. The molecule has 2 aromatic heterocycles. The van der Waals surface area contributed by atoms with Gasteiger partial charge < -0.3 is 10.1 Å². The van der Waals surface area contributed by atoms with E-state index in [1.807, 2.05) is 0 Å². The Hall–Kier alpha value is -3.30.